The molecular formula is C11H13N5O. The molecule has 0 aliphatic carbocycles. The van der Waals surface area contributed by atoms with E-state index in [0.717, 1.165) is 12.1 Å². The maximum Gasteiger partial charge on any atom is 0.232 e. The van der Waals surface area contributed by atoms with Gasteiger partial charge in [0.2, 0.25) is 5.91 Å². The first-order valence-corrected chi connectivity index (χ1v) is 5.39. The number of anilines is 1. The van der Waals surface area contributed by atoms with Crippen LogP contribution in [0.15, 0.2) is 24.3 Å². The number of aromatic amines is 1. The van der Waals surface area contributed by atoms with Crippen LogP contribution in [0.1, 0.15) is 18.3 Å². The van der Waals surface area contributed by atoms with Crippen LogP contribution in [0.2, 0.25) is 0 Å². The lowest BCUT2D eigenvalue weighted by atomic mass is 10.1. The van der Waals surface area contributed by atoms with E-state index >= 15 is 0 Å². The fourth-order valence-electron chi connectivity index (χ4n) is 1.43. The van der Waals surface area contributed by atoms with Crippen LogP contribution in [0.5, 0.6) is 0 Å². The zero-order valence-electron chi connectivity index (χ0n) is 9.47. The summed E-state index contributed by atoms with van der Waals surface area (Å²) in [4.78, 5) is 11.6. The number of H-pyrrole nitrogens is 1. The number of aromatic nitrogens is 4. The molecule has 0 spiro atoms. The predicted molar refractivity (Wildman–Crippen MR) is 62.3 cm³/mol. The molecule has 0 saturated carbocycles. The Balaban J connectivity index is 1.93. The van der Waals surface area contributed by atoms with Crippen LogP contribution < -0.4 is 5.32 Å². The lowest BCUT2D eigenvalue weighted by molar-refractivity contribution is -0.115. The van der Waals surface area contributed by atoms with Crippen LogP contribution in [0.4, 0.5) is 5.69 Å². The van der Waals surface area contributed by atoms with E-state index in [0.29, 0.717) is 5.82 Å². The number of nitrogens with zero attached hydrogens (tertiary/aromatic N) is 3. The van der Waals surface area contributed by atoms with Crippen LogP contribution in [-0.4, -0.2) is 26.5 Å². The van der Waals surface area contributed by atoms with E-state index in [4.69, 9.17) is 0 Å². The summed E-state index contributed by atoms with van der Waals surface area (Å²) in [6.45, 7) is 2.09. The SMILES string of the molecule is CCc1ccc(NC(=O)Cc2nn[nH]n2)cc1. The first kappa shape index (κ1) is 11.3. The highest BCUT2D eigenvalue weighted by Crippen LogP contribution is 2.10. The molecule has 2 N–H and O–H groups in total. The number of rotatable bonds is 4. The Kier molecular flexibility index (Phi) is 3.44. The highest BCUT2D eigenvalue weighted by atomic mass is 16.1. The van der Waals surface area contributed by atoms with E-state index in [1.165, 1.54) is 5.56 Å². The number of carbonyl (C=O) groups is 1. The predicted octanol–water partition coefficient (Wildman–Crippen LogP) is 0.943. The number of tetrazole rings is 1. The number of nitrogens with one attached hydrogen (secondary N) is 2. The van der Waals surface area contributed by atoms with Gasteiger partial charge in [-0.1, -0.05) is 24.3 Å². The molecule has 1 heterocycles. The summed E-state index contributed by atoms with van der Waals surface area (Å²) in [5.74, 6) is 0.225. The molecule has 17 heavy (non-hydrogen) atoms. The molecule has 0 fully saturated rings. The Morgan fingerprint density at radius 3 is 2.71 bits per heavy atom. The van der Waals surface area contributed by atoms with Gasteiger partial charge in [-0.2, -0.15) is 5.21 Å². The number of benzene rings is 1. The number of aryl methyl sites for hydroxylation is 1. The van der Waals surface area contributed by atoms with Crippen molar-refractivity contribution in [1.82, 2.24) is 20.6 Å². The van der Waals surface area contributed by atoms with Crippen LogP contribution in [0, 0.1) is 0 Å². The fraction of sp³-hybridized carbons (Fsp3) is 0.273. The van der Waals surface area contributed by atoms with Crippen molar-refractivity contribution in [2.45, 2.75) is 19.8 Å². The first-order valence-electron chi connectivity index (χ1n) is 5.39. The molecule has 0 radical (unpaired) electrons. The van der Waals surface area contributed by atoms with Gasteiger partial charge < -0.3 is 5.32 Å². The molecule has 1 amide bonds. The molecule has 0 bridgehead atoms. The van der Waals surface area contributed by atoms with Gasteiger partial charge in [0.05, 0.1) is 6.42 Å². The number of carbonyl (C=O) groups excluding carboxylic acids is 1. The highest BCUT2D eigenvalue weighted by molar-refractivity contribution is 5.91. The first-order chi connectivity index (χ1) is 8.28. The van der Waals surface area contributed by atoms with Gasteiger partial charge in [0.1, 0.15) is 0 Å². The Morgan fingerprint density at radius 2 is 2.12 bits per heavy atom. The molecule has 0 aliphatic rings. The fourth-order valence-corrected chi connectivity index (χ4v) is 1.43. The van der Waals surface area contributed by atoms with E-state index in [1.807, 2.05) is 24.3 Å². The maximum absolute atomic E-state index is 11.6. The second-order valence-electron chi connectivity index (χ2n) is 3.60. The number of hydrogen-bond acceptors (Lipinski definition) is 4. The third-order valence-corrected chi connectivity index (χ3v) is 2.35. The lowest BCUT2D eigenvalue weighted by Crippen LogP contribution is -2.15. The molecule has 0 aliphatic heterocycles. The largest absolute Gasteiger partial charge is 0.326 e. The van der Waals surface area contributed by atoms with Crippen molar-refractivity contribution in [2.24, 2.45) is 0 Å². The van der Waals surface area contributed by atoms with Crippen molar-refractivity contribution in [3.63, 3.8) is 0 Å². The maximum atomic E-state index is 11.6. The van der Waals surface area contributed by atoms with Crippen molar-refractivity contribution in [2.75, 3.05) is 5.32 Å². The summed E-state index contributed by atoms with van der Waals surface area (Å²) in [6.07, 6.45) is 1.10. The molecule has 1 aromatic carbocycles. The normalized spacial score (nSPS) is 10.2. The molecule has 0 saturated heterocycles. The molecular weight excluding hydrogens is 218 g/mol. The summed E-state index contributed by atoms with van der Waals surface area (Å²) in [7, 11) is 0. The van der Waals surface area contributed by atoms with Crippen molar-refractivity contribution >= 4 is 11.6 Å². The highest BCUT2D eigenvalue weighted by Gasteiger charge is 2.07. The van der Waals surface area contributed by atoms with E-state index in [9.17, 15) is 4.79 Å². The standard InChI is InChI=1S/C11H13N5O/c1-2-8-3-5-9(6-4-8)12-11(17)7-10-13-15-16-14-10/h3-6H,2,7H2,1H3,(H,12,17)(H,13,14,15,16). The van der Waals surface area contributed by atoms with Crippen LogP contribution in [-0.2, 0) is 17.6 Å². The molecule has 0 unspecified atom stereocenters. The molecule has 2 aromatic rings. The zero-order chi connectivity index (χ0) is 12.1. The Labute approximate surface area is 98.4 Å². The van der Waals surface area contributed by atoms with Gasteiger partial charge in [-0.25, -0.2) is 0 Å². The third-order valence-electron chi connectivity index (χ3n) is 2.35. The molecule has 6 nitrogen and oxygen atoms in total. The average Bonchev–Trinajstić information content (AvgIpc) is 2.82. The molecule has 1 aromatic heterocycles. The van der Waals surface area contributed by atoms with Gasteiger partial charge in [0.25, 0.3) is 0 Å². The van der Waals surface area contributed by atoms with Crippen molar-refractivity contribution in [3.8, 4) is 0 Å². The van der Waals surface area contributed by atoms with Crippen LogP contribution in [0.3, 0.4) is 0 Å². The summed E-state index contributed by atoms with van der Waals surface area (Å²) >= 11 is 0. The minimum atomic E-state index is -0.157. The number of hydrogen-bond donors (Lipinski definition) is 2. The van der Waals surface area contributed by atoms with Gasteiger partial charge in [0, 0.05) is 5.69 Å². The van der Waals surface area contributed by atoms with Gasteiger partial charge in [-0.3, -0.25) is 4.79 Å². The Bertz CT molecular complexity index is 477. The van der Waals surface area contributed by atoms with E-state index in [-0.39, 0.29) is 12.3 Å². The average molecular weight is 231 g/mol. The second-order valence-corrected chi connectivity index (χ2v) is 3.60. The Morgan fingerprint density at radius 1 is 1.35 bits per heavy atom. The molecule has 88 valence electrons. The molecule has 0 atom stereocenters. The van der Waals surface area contributed by atoms with E-state index in [2.05, 4.69) is 32.9 Å². The Hall–Kier alpha value is -2.24. The smallest absolute Gasteiger partial charge is 0.232 e. The quantitative estimate of drug-likeness (QED) is 0.820. The van der Waals surface area contributed by atoms with Crippen molar-refractivity contribution in [1.29, 1.82) is 0 Å². The molecule has 2 rings (SSSR count). The minimum absolute atomic E-state index is 0.117. The monoisotopic (exact) mass is 231 g/mol. The van der Waals surface area contributed by atoms with Crippen LogP contribution >= 0.6 is 0 Å². The van der Waals surface area contributed by atoms with Gasteiger partial charge in [-0.05, 0) is 24.1 Å². The van der Waals surface area contributed by atoms with Gasteiger partial charge >= 0.3 is 0 Å². The summed E-state index contributed by atoms with van der Waals surface area (Å²) in [5, 5.41) is 15.9. The summed E-state index contributed by atoms with van der Waals surface area (Å²) < 4.78 is 0. The lowest BCUT2D eigenvalue weighted by Gasteiger charge is -2.04. The van der Waals surface area contributed by atoms with Crippen LogP contribution in [0.25, 0.3) is 0 Å². The minimum Gasteiger partial charge on any atom is -0.326 e. The van der Waals surface area contributed by atoms with Crippen molar-refractivity contribution < 1.29 is 4.79 Å². The topological polar surface area (TPSA) is 83.6 Å². The van der Waals surface area contributed by atoms with Crippen molar-refractivity contribution in [3.05, 3.63) is 35.7 Å². The third kappa shape index (κ3) is 3.10. The zero-order valence-corrected chi connectivity index (χ0v) is 9.47. The molecule has 6 heteroatoms. The van der Waals surface area contributed by atoms with E-state index in [1.54, 1.807) is 0 Å². The van der Waals surface area contributed by atoms with Gasteiger partial charge in [0.15, 0.2) is 5.82 Å². The number of amides is 1. The summed E-state index contributed by atoms with van der Waals surface area (Å²) in [6, 6.07) is 7.74. The van der Waals surface area contributed by atoms with E-state index < -0.39 is 0 Å². The van der Waals surface area contributed by atoms with Gasteiger partial charge in [-0.15, -0.1) is 10.2 Å². The second kappa shape index (κ2) is 5.20. The summed E-state index contributed by atoms with van der Waals surface area (Å²) in [5.41, 5.74) is 2.01.